The van der Waals surface area contributed by atoms with Crippen molar-refractivity contribution in [1.29, 1.82) is 0 Å². The number of allylic oxidation sites excluding steroid dienone is 1. The Labute approximate surface area is 100 Å². The van der Waals surface area contributed by atoms with Crippen molar-refractivity contribution in [2.75, 3.05) is 20.3 Å². The van der Waals surface area contributed by atoms with Crippen molar-refractivity contribution in [1.82, 2.24) is 10.2 Å². The zero-order chi connectivity index (χ0) is 12.1. The van der Waals surface area contributed by atoms with E-state index in [4.69, 9.17) is 23.1 Å². The average molecular weight is 249 g/mol. The molecule has 4 nitrogen and oxygen atoms in total. The third-order valence-corrected chi connectivity index (χ3v) is 2.87. The average Bonchev–Trinajstić information content (AvgIpc) is 2.73. The Balaban J connectivity index is 0.000000606. The summed E-state index contributed by atoms with van der Waals surface area (Å²) >= 11 is 5.66. The van der Waals surface area contributed by atoms with E-state index in [2.05, 4.69) is 10.2 Å². The van der Waals surface area contributed by atoms with Gasteiger partial charge in [-0.2, -0.15) is 0 Å². The highest BCUT2D eigenvalue weighted by Gasteiger charge is 2.30. The van der Waals surface area contributed by atoms with Crippen LogP contribution in [0.3, 0.4) is 0 Å². The summed E-state index contributed by atoms with van der Waals surface area (Å²) in [5.41, 5.74) is 12.2. The van der Waals surface area contributed by atoms with Gasteiger partial charge in [0.25, 0.3) is 0 Å². The second-order valence-electron chi connectivity index (χ2n) is 3.70. The van der Waals surface area contributed by atoms with Crippen molar-refractivity contribution in [2.24, 2.45) is 11.5 Å². The van der Waals surface area contributed by atoms with Crippen molar-refractivity contribution in [3.63, 3.8) is 0 Å². The topological polar surface area (TPSA) is 67.3 Å². The van der Waals surface area contributed by atoms with Crippen LogP contribution in [0.25, 0.3) is 0 Å². The molecule has 6 heteroatoms. The first kappa shape index (κ1) is 13.0. The number of fused-ring (bicyclic) bond motifs is 1. The molecule has 0 spiro atoms. The van der Waals surface area contributed by atoms with Crippen molar-refractivity contribution in [3.8, 4) is 0 Å². The van der Waals surface area contributed by atoms with E-state index in [1.807, 2.05) is 0 Å². The molecular formula is C10H18ClFN4. The summed E-state index contributed by atoms with van der Waals surface area (Å²) in [7, 11) is 0.500. The van der Waals surface area contributed by atoms with Gasteiger partial charge in [-0.05, 0) is 18.9 Å². The summed E-state index contributed by atoms with van der Waals surface area (Å²) in [6.07, 6.45) is 4.14. The van der Waals surface area contributed by atoms with Crippen molar-refractivity contribution in [3.05, 3.63) is 22.8 Å². The summed E-state index contributed by atoms with van der Waals surface area (Å²) in [5, 5.41) is 3.44. The number of halogens is 2. The summed E-state index contributed by atoms with van der Waals surface area (Å²) in [5.74, 6) is 0.673. The largest absolute Gasteiger partial charge is 0.389 e. The molecule has 0 radical (unpaired) electrons. The van der Waals surface area contributed by atoms with Gasteiger partial charge in [-0.1, -0.05) is 11.6 Å². The Morgan fingerprint density at radius 3 is 2.94 bits per heavy atom. The van der Waals surface area contributed by atoms with Gasteiger partial charge in [0.1, 0.15) is 11.0 Å². The van der Waals surface area contributed by atoms with Crippen LogP contribution in [0.2, 0.25) is 0 Å². The molecule has 1 saturated heterocycles. The minimum atomic E-state index is 0.275. The van der Waals surface area contributed by atoms with Gasteiger partial charge in [-0.25, -0.2) is 0 Å². The minimum Gasteiger partial charge on any atom is -0.389 e. The lowest BCUT2D eigenvalue weighted by atomic mass is 10.1. The summed E-state index contributed by atoms with van der Waals surface area (Å²) < 4.78 is 9.50. The SMILES string of the molecule is CF.NC1=C(/C=C(\N)Cl)N2CCCC2CN1. The van der Waals surface area contributed by atoms with E-state index in [0.717, 1.165) is 18.8 Å². The first-order valence-electron chi connectivity index (χ1n) is 5.19. The van der Waals surface area contributed by atoms with Gasteiger partial charge in [0.2, 0.25) is 0 Å². The van der Waals surface area contributed by atoms with Gasteiger partial charge in [-0.3, -0.25) is 4.39 Å². The van der Waals surface area contributed by atoms with Gasteiger partial charge in [0.05, 0.1) is 12.9 Å². The molecule has 2 rings (SSSR count). The predicted molar refractivity (Wildman–Crippen MR) is 64.1 cm³/mol. The first-order chi connectivity index (χ1) is 7.68. The van der Waals surface area contributed by atoms with Gasteiger partial charge in [0.15, 0.2) is 0 Å². The number of rotatable bonds is 1. The van der Waals surface area contributed by atoms with E-state index in [9.17, 15) is 4.39 Å². The van der Waals surface area contributed by atoms with E-state index in [0.29, 0.717) is 19.0 Å². The fraction of sp³-hybridized carbons (Fsp3) is 0.600. The Hall–Kier alpha value is -1.10. The maximum Gasteiger partial charge on any atom is 0.120 e. The maximum absolute atomic E-state index is 9.50. The quantitative estimate of drug-likeness (QED) is 0.601. The normalized spacial score (nSPS) is 24.6. The van der Waals surface area contributed by atoms with Gasteiger partial charge in [-0.15, -0.1) is 0 Å². The number of nitrogens with two attached hydrogens (primary N) is 2. The van der Waals surface area contributed by atoms with Crippen molar-refractivity contribution in [2.45, 2.75) is 18.9 Å². The maximum atomic E-state index is 9.50. The molecule has 2 aliphatic rings. The van der Waals surface area contributed by atoms with Crippen LogP contribution in [0.1, 0.15) is 12.8 Å². The highest BCUT2D eigenvalue weighted by atomic mass is 35.5. The third-order valence-electron chi connectivity index (χ3n) is 2.77. The molecule has 0 aromatic heterocycles. The molecule has 2 aliphatic heterocycles. The number of nitrogens with one attached hydrogen (secondary N) is 1. The lowest BCUT2D eigenvalue weighted by Gasteiger charge is -2.34. The smallest absolute Gasteiger partial charge is 0.120 e. The molecule has 5 N–H and O–H groups in total. The molecule has 0 bridgehead atoms. The summed E-state index contributed by atoms with van der Waals surface area (Å²) in [6.45, 7) is 1.97. The van der Waals surface area contributed by atoms with E-state index in [1.165, 1.54) is 12.8 Å². The summed E-state index contributed by atoms with van der Waals surface area (Å²) in [4.78, 5) is 2.28. The second-order valence-corrected chi connectivity index (χ2v) is 4.13. The van der Waals surface area contributed by atoms with Crippen LogP contribution in [0.5, 0.6) is 0 Å². The molecule has 0 aromatic carbocycles. The van der Waals surface area contributed by atoms with E-state index < -0.39 is 0 Å². The lowest BCUT2D eigenvalue weighted by Crippen LogP contribution is -2.45. The van der Waals surface area contributed by atoms with Gasteiger partial charge >= 0.3 is 0 Å². The molecule has 92 valence electrons. The fourth-order valence-corrected chi connectivity index (χ4v) is 2.23. The van der Waals surface area contributed by atoms with Crippen LogP contribution in [-0.2, 0) is 0 Å². The van der Waals surface area contributed by atoms with Gasteiger partial charge in [0, 0.05) is 19.1 Å². The van der Waals surface area contributed by atoms with E-state index in [-0.39, 0.29) is 5.16 Å². The van der Waals surface area contributed by atoms with Crippen molar-refractivity contribution < 1.29 is 4.39 Å². The fourth-order valence-electron chi connectivity index (χ4n) is 2.13. The molecule has 0 amide bonds. The highest BCUT2D eigenvalue weighted by Crippen LogP contribution is 2.26. The molecule has 0 saturated carbocycles. The van der Waals surface area contributed by atoms with Crippen LogP contribution in [0.4, 0.5) is 4.39 Å². The molecule has 0 aliphatic carbocycles. The van der Waals surface area contributed by atoms with Gasteiger partial charge < -0.3 is 21.7 Å². The molecule has 1 unspecified atom stereocenters. The Kier molecular flexibility index (Phi) is 4.73. The van der Waals surface area contributed by atoms with Crippen molar-refractivity contribution >= 4 is 11.6 Å². The van der Waals surface area contributed by atoms with E-state index in [1.54, 1.807) is 6.08 Å². The summed E-state index contributed by atoms with van der Waals surface area (Å²) in [6, 6.07) is 0.546. The third kappa shape index (κ3) is 2.72. The molecule has 1 fully saturated rings. The van der Waals surface area contributed by atoms with Crippen LogP contribution < -0.4 is 16.8 Å². The molecule has 1 atom stereocenters. The Bertz CT molecular complexity index is 299. The molecule has 0 aromatic rings. The first-order valence-corrected chi connectivity index (χ1v) is 5.57. The zero-order valence-corrected chi connectivity index (χ0v) is 10.1. The second kappa shape index (κ2) is 5.84. The van der Waals surface area contributed by atoms with Crippen LogP contribution in [-0.4, -0.2) is 31.2 Å². The number of hydrogen-bond donors (Lipinski definition) is 3. The van der Waals surface area contributed by atoms with Crippen LogP contribution in [0, 0.1) is 0 Å². The number of hydrogen-bond acceptors (Lipinski definition) is 4. The minimum absolute atomic E-state index is 0.275. The van der Waals surface area contributed by atoms with Crippen LogP contribution >= 0.6 is 11.6 Å². The predicted octanol–water partition coefficient (Wildman–Crippen LogP) is 0.806. The lowest BCUT2D eigenvalue weighted by molar-refractivity contribution is 0.295. The highest BCUT2D eigenvalue weighted by molar-refractivity contribution is 6.29. The zero-order valence-electron chi connectivity index (χ0n) is 9.34. The Morgan fingerprint density at radius 2 is 2.31 bits per heavy atom. The molecular weight excluding hydrogens is 231 g/mol. The Morgan fingerprint density at radius 1 is 1.62 bits per heavy atom. The molecule has 2 heterocycles. The molecule has 16 heavy (non-hydrogen) atoms. The van der Waals surface area contributed by atoms with Crippen LogP contribution in [0.15, 0.2) is 22.8 Å². The monoisotopic (exact) mass is 248 g/mol. The number of alkyl halides is 1. The van der Waals surface area contributed by atoms with E-state index >= 15 is 0 Å². The number of nitrogens with zero attached hydrogens (tertiary/aromatic N) is 1. The standard InChI is InChI=1S/C9H15ClN4.CH3F/c10-8(11)4-7-9(12)13-5-6-2-1-3-14(6)7;1-2/h4,6,13H,1-3,5,11-12H2;1H3/b8-4-;.